The standard InChI is InChI=1S/C16H12Cl2N6O/c17-13-7-4-8-14(18)12(13)9-19-20-15(25)10-24-22-16(21-23-24)11-5-2-1-3-6-11/h1-9H,10H2,(H,20,25)/b19-9+. The van der Waals surface area contributed by atoms with Gasteiger partial charge in [0.1, 0.15) is 6.54 Å². The number of benzene rings is 2. The minimum Gasteiger partial charge on any atom is -0.271 e. The van der Waals surface area contributed by atoms with Crippen LogP contribution in [-0.4, -0.2) is 32.3 Å². The van der Waals surface area contributed by atoms with Gasteiger partial charge in [0.2, 0.25) is 5.82 Å². The van der Waals surface area contributed by atoms with E-state index in [1.165, 1.54) is 11.0 Å². The number of carbonyl (C=O) groups is 1. The molecule has 1 amide bonds. The lowest BCUT2D eigenvalue weighted by molar-refractivity contribution is -0.122. The van der Waals surface area contributed by atoms with Crippen LogP contribution in [0.4, 0.5) is 0 Å². The van der Waals surface area contributed by atoms with E-state index in [9.17, 15) is 4.79 Å². The second-order valence-electron chi connectivity index (χ2n) is 4.94. The van der Waals surface area contributed by atoms with Gasteiger partial charge in [-0.3, -0.25) is 4.79 Å². The molecule has 0 radical (unpaired) electrons. The van der Waals surface area contributed by atoms with E-state index in [1.807, 2.05) is 30.3 Å². The lowest BCUT2D eigenvalue weighted by atomic mass is 10.2. The van der Waals surface area contributed by atoms with Gasteiger partial charge < -0.3 is 0 Å². The molecule has 0 bridgehead atoms. The number of hydrogen-bond acceptors (Lipinski definition) is 5. The van der Waals surface area contributed by atoms with E-state index >= 15 is 0 Å². The zero-order valence-corrected chi connectivity index (χ0v) is 14.3. The van der Waals surface area contributed by atoms with Crippen molar-refractivity contribution in [2.75, 3.05) is 0 Å². The molecule has 0 aliphatic heterocycles. The zero-order chi connectivity index (χ0) is 17.6. The first-order valence-corrected chi connectivity index (χ1v) is 7.98. The van der Waals surface area contributed by atoms with E-state index in [0.717, 1.165) is 5.56 Å². The highest BCUT2D eigenvalue weighted by Gasteiger charge is 2.08. The van der Waals surface area contributed by atoms with E-state index in [0.29, 0.717) is 21.4 Å². The highest BCUT2D eigenvalue weighted by atomic mass is 35.5. The number of nitrogens with zero attached hydrogens (tertiary/aromatic N) is 5. The molecule has 0 saturated carbocycles. The molecule has 3 aromatic rings. The van der Waals surface area contributed by atoms with Gasteiger partial charge in [-0.2, -0.15) is 9.90 Å². The van der Waals surface area contributed by atoms with Gasteiger partial charge in [0.15, 0.2) is 0 Å². The first-order chi connectivity index (χ1) is 12.1. The van der Waals surface area contributed by atoms with E-state index in [1.54, 1.807) is 18.2 Å². The third-order valence-electron chi connectivity index (χ3n) is 3.15. The maximum atomic E-state index is 11.9. The molecule has 1 aromatic heterocycles. The molecule has 9 heteroatoms. The van der Waals surface area contributed by atoms with Crippen LogP contribution in [0.5, 0.6) is 0 Å². The average molecular weight is 375 g/mol. The summed E-state index contributed by atoms with van der Waals surface area (Å²) in [5.41, 5.74) is 3.71. The topological polar surface area (TPSA) is 85.1 Å². The van der Waals surface area contributed by atoms with Crippen molar-refractivity contribution in [1.29, 1.82) is 0 Å². The van der Waals surface area contributed by atoms with Gasteiger partial charge in [0.25, 0.3) is 5.91 Å². The summed E-state index contributed by atoms with van der Waals surface area (Å²) in [4.78, 5) is 13.1. The number of aromatic nitrogens is 4. The van der Waals surface area contributed by atoms with Crippen molar-refractivity contribution in [3.05, 3.63) is 64.1 Å². The summed E-state index contributed by atoms with van der Waals surface area (Å²) in [6.07, 6.45) is 1.38. The fourth-order valence-electron chi connectivity index (χ4n) is 1.98. The Morgan fingerprint density at radius 1 is 1.12 bits per heavy atom. The van der Waals surface area contributed by atoms with Crippen LogP contribution in [0.2, 0.25) is 10.0 Å². The number of halogens is 2. The molecule has 0 saturated heterocycles. The number of amides is 1. The first kappa shape index (κ1) is 17.1. The van der Waals surface area contributed by atoms with Crippen LogP contribution < -0.4 is 5.43 Å². The van der Waals surface area contributed by atoms with Gasteiger partial charge in [-0.15, -0.1) is 10.2 Å². The van der Waals surface area contributed by atoms with E-state index in [4.69, 9.17) is 23.2 Å². The minimum atomic E-state index is -0.406. The van der Waals surface area contributed by atoms with Crippen molar-refractivity contribution in [2.45, 2.75) is 6.54 Å². The monoisotopic (exact) mass is 374 g/mol. The Kier molecular flexibility index (Phi) is 5.37. The molecule has 0 spiro atoms. The number of tetrazole rings is 1. The smallest absolute Gasteiger partial charge is 0.263 e. The van der Waals surface area contributed by atoms with Crippen molar-refractivity contribution < 1.29 is 4.79 Å². The number of hydrogen-bond donors (Lipinski definition) is 1. The summed E-state index contributed by atoms with van der Waals surface area (Å²) in [6.45, 7) is -0.118. The minimum absolute atomic E-state index is 0.118. The number of rotatable bonds is 5. The summed E-state index contributed by atoms with van der Waals surface area (Å²) < 4.78 is 0. The van der Waals surface area contributed by atoms with E-state index in [2.05, 4.69) is 25.9 Å². The number of carbonyl (C=O) groups excluding carboxylic acids is 1. The quantitative estimate of drug-likeness (QED) is 0.549. The van der Waals surface area contributed by atoms with Gasteiger partial charge in [-0.05, 0) is 17.3 Å². The van der Waals surface area contributed by atoms with Crippen molar-refractivity contribution in [3.63, 3.8) is 0 Å². The Morgan fingerprint density at radius 3 is 2.56 bits per heavy atom. The predicted octanol–water partition coefficient (Wildman–Crippen LogP) is 2.80. The normalized spacial score (nSPS) is 11.0. The van der Waals surface area contributed by atoms with Crippen LogP contribution in [0.25, 0.3) is 11.4 Å². The van der Waals surface area contributed by atoms with Crippen LogP contribution in [0, 0.1) is 0 Å². The Hall–Kier alpha value is -2.77. The third kappa shape index (κ3) is 4.40. The van der Waals surface area contributed by atoms with Gasteiger partial charge in [0.05, 0.1) is 16.3 Å². The van der Waals surface area contributed by atoms with Crippen molar-refractivity contribution in [3.8, 4) is 11.4 Å². The molecule has 2 aromatic carbocycles. The van der Waals surface area contributed by atoms with E-state index in [-0.39, 0.29) is 6.54 Å². The average Bonchev–Trinajstić information content (AvgIpc) is 3.07. The molecular formula is C16H12Cl2N6O. The molecule has 0 atom stereocenters. The maximum absolute atomic E-state index is 11.9. The Morgan fingerprint density at radius 2 is 1.84 bits per heavy atom. The van der Waals surface area contributed by atoms with Gasteiger partial charge in [-0.25, -0.2) is 5.43 Å². The lowest BCUT2D eigenvalue weighted by Gasteiger charge is -2.01. The molecule has 0 fully saturated rings. The summed E-state index contributed by atoms with van der Waals surface area (Å²) in [7, 11) is 0. The Balaban J connectivity index is 1.60. The van der Waals surface area contributed by atoms with Crippen LogP contribution in [0.3, 0.4) is 0 Å². The summed E-state index contributed by atoms with van der Waals surface area (Å²) in [5.74, 6) is 0.0381. The van der Waals surface area contributed by atoms with Crippen LogP contribution >= 0.6 is 23.2 Å². The van der Waals surface area contributed by atoms with Crippen LogP contribution in [0.1, 0.15) is 5.56 Å². The van der Waals surface area contributed by atoms with E-state index < -0.39 is 5.91 Å². The second kappa shape index (κ2) is 7.87. The largest absolute Gasteiger partial charge is 0.271 e. The molecular weight excluding hydrogens is 363 g/mol. The zero-order valence-electron chi connectivity index (χ0n) is 12.8. The molecule has 7 nitrogen and oxygen atoms in total. The van der Waals surface area contributed by atoms with Gasteiger partial charge in [-0.1, -0.05) is 59.6 Å². The van der Waals surface area contributed by atoms with Crippen molar-refractivity contribution in [2.24, 2.45) is 5.10 Å². The van der Waals surface area contributed by atoms with Crippen LogP contribution in [0.15, 0.2) is 53.6 Å². The summed E-state index contributed by atoms with van der Waals surface area (Å²) in [5, 5.41) is 16.6. The SMILES string of the molecule is O=C(Cn1nnc(-c2ccccc2)n1)N/N=C/c1c(Cl)cccc1Cl. The molecule has 3 rings (SSSR count). The first-order valence-electron chi connectivity index (χ1n) is 7.22. The molecule has 0 aliphatic carbocycles. The highest BCUT2D eigenvalue weighted by Crippen LogP contribution is 2.21. The molecule has 1 N–H and O–H groups in total. The van der Waals surface area contributed by atoms with Crippen molar-refractivity contribution in [1.82, 2.24) is 25.6 Å². The van der Waals surface area contributed by atoms with Gasteiger partial charge in [0, 0.05) is 11.1 Å². The second-order valence-corrected chi connectivity index (χ2v) is 5.75. The summed E-state index contributed by atoms with van der Waals surface area (Å²) in [6, 6.07) is 14.4. The molecule has 126 valence electrons. The third-order valence-corrected chi connectivity index (χ3v) is 3.81. The molecule has 0 unspecified atom stereocenters. The van der Waals surface area contributed by atoms with Crippen molar-refractivity contribution >= 4 is 35.3 Å². The molecule has 25 heavy (non-hydrogen) atoms. The highest BCUT2D eigenvalue weighted by molar-refractivity contribution is 6.38. The predicted molar refractivity (Wildman–Crippen MR) is 95.5 cm³/mol. The Bertz CT molecular complexity index is 890. The van der Waals surface area contributed by atoms with Crippen LogP contribution in [-0.2, 0) is 11.3 Å². The van der Waals surface area contributed by atoms with Gasteiger partial charge >= 0.3 is 0 Å². The fourth-order valence-corrected chi connectivity index (χ4v) is 2.47. The summed E-state index contributed by atoms with van der Waals surface area (Å²) >= 11 is 12.0. The lowest BCUT2D eigenvalue weighted by Crippen LogP contribution is -2.24. The number of nitrogens with one attached hydrogen (secondary N) is 1. The fraction of sp³-hybridized carbons (Fsp3) is 0.0625. The Labute approximate surface area is 153 Å². The maximum Gasteiger partial charge on any atom is 0.263 e. The molecule has 1 heterocycles. The number of hydrazone groups is 1. The molecule has 0 aliphatic rings.